The van der Waals surface area contributed by atoms with Crippen molar-refractivity contribution in [2.24, 2.45) is 5.16 Å². The normalized spacial score (nSPS) is 20.4. The highest BCUT2D eigenvalue weighted by Gasteiger charge is 2.20. The van der Waals surface area contributed by atoms with E-state index in [2.05, 4.69) is 5.16 Å². The molecule has 74 valence electrons. The van der Waals surface area contributed by atoms with Crippen molar-refractivity contribution >= 4 is 5.71 Å². The predicted molar refractivity (Wildman–Crippen MR) is 54.3 cm³/mol. The molecule has 1 aliphatic heterocycles. The maximum absolute atomic E-state index is 8.88. The molecule has 0 saturated carbocycles. The van der Waals surface area contributed by atoms with Gasteiger partial charge < -0.3 is 9.94 Å². The Morgan fingerprint density at radius 2 is 2.14 bits per heavy atom. The van der Waals surface area contributed by atoms with Crippen molar-refractivity contribution in [1.82, 2.24) is 0 Å². The quantitative estimate of drug-likeness (QED) is 0.769. The summed E-state index contributed by atoms with van der Waals surface area (Å²) < 4.78 is 0. The first kappa shape index (κ1) is 9.21. The third-order valence-electron chi connectivity index (χ3n) is 2.32. The Bertz CT molecular complexity index is 343. The molecule has 0 radical (unpaired) electrons. The number of aliphatic hydroxyl groups is 1. The lowest BCUT2D eigenvalue weighted by Gasteiger charge is -2.01. The molecule has 0 amide bonds. The topological polar surface area (TPSA) is 41.8 Å². The lowest BCUT2D eigenvalue weighted by molar-refractivity contribution is 0.0390. The fraction of sp³-hybridized carbons (Fsp3) is 0.364. The van der Waals surface area contributed by atoms with Crippen LogP contribution in [0.25, 0.3) is 0 Å². The highest BCUT2D eigenvalue weighted by Crippen LogP contribution is 2.16. The highest BCUT2D eigenvalue weighted by atomic mass is 16.6. The molecule has 14 heavy (non-hydrogen) atoms. The molecule has 1 aromatic carbocycles. The summed E-state index contributed by atoms with van der Waals surface area (Å²) in [6, 6.07) is 8.14. The number of oxime groups is 1. The van der Waals surface area contributed by atoms with Gasteiger partial charge in [-0.15, -0.1) is 0 Å². The van der Waals surface area contributed by atoms with Crippen molar-refractivity contribution in [2.45, 2.75) is 19.4 Å². The number of nitrogens with zero attached hydrogens (tertiary/aromatic N) is 1. The lowest BCUT2D eigenvalue weighted by atomic mass is 10.0. The van der Waals surface area contributed by atoms with Crippen LogP contribution in [0.1, 0.15) is 17.5 Å². The average Bonchev–Trinajstić information content (AvgIpc) is 2.67. The molecule has 3 heteroatoms. The van der Waals surface area contributed by atoms with Crippen molar-refractivity contribution < 1.29 is 9.94 Å². The standard InChI is InChI=1S/C11H13NO2/c1-8-2-4-9(5-3-8)11-6-10(7-13)14-12-11/h2-5,10,13H,6-7H2,1H3. The number of aliphatic hydroxyl groups excluding tert-OH is 1. The molecule has 0 aromatic heterocycles. The van der Waals surface area contributed by atoms with Crippen LogP contribution in [0.2, 0.25) is 0 Å². The molecule has 0 bridgehead atoms. The summed E-state index contributed by atoms with van der Waals surface area (Å²) in [6.07, 6.45) is 0.533. The summed E-state index contributed by atoms with van der Waals surface area (Å²) in [5, 5.41) is 12.8. The molecular weight excluding hydrogens is 178 g/mol. The summed E-state index contributed by atoms with van der Waals surface area (Å²) in [5.74, 6) is 0. The average molecular weight is 191 g/mol. The minimum absolute atomic E-state index is 0.0266. The smallest absolute Gasteiger partial charge is 0.156 e. The summed E-state index contributed by atoms with van der Waals surface area (Å²) >= 11 is 0. The van der Waals surface area contributed by atoms with Gasteiger partial charge in [0.05, 0.1) is 12.3 Å². The molecule has 2 rings (SSSR count). The first-order valence-corrected chi connectivity index (χ1v) is 4.70. The Kier molecular flexibility index (Phi) is 2.50. The highest BCUT2D eigenvalue weighted by molar-refractivity contribution is 6.01. The minimum Gasteiger partial charge on any atom is -0.392 e. The first-order chi connectivity index (χ1) is 6.79. The van der Waals surface area contributed by atoms with Gasteiger partial charge in [0.15, 0.2) is 6.10 Å². The van der Waals surface area contributed by atoms with E-state index in [4.69, 9.17) is 9.94 Å². The number of hydrogen-bond acceptors (Lipinski definition) is 3. The molecule has 1 aromatic rings. The fourth-order valence-electron chi connectivity index (χ4n) is 1.44. The minimum atomic E-state index is -0.161. The molecule has 0 spiro atoms. The third-order valence-corrected chi connectivity index (χ3v) is 2.32. The van der Waals surface area contributed by atoms with Crippen LogP contribution >= 0.6 is 0 Å². The zero-order chi connectivity index (χ0) is 9.97. The molecule has 1 aliphatic rings. The Morgan fingerprint density at radius 1 is 1.43 bits per heavy atom. The zero-order valence-electron chi connectivity index (χ0n) is 8.10. The SMILES string of the molecule is Cc1ccc(C2=NOC(CO)C2)cc1. The van der Waals surface area contributed by atoms with Gasteiger partial charge in [-0.05, 0) is 12.5 Å². The van der Waals surface area contributed by atoms with E-state index in [0.29, 0.717) is 6.42 Å². The Balaban J connectivity index is 2.13. The van der Waals surface area contributed by atoms with Gasteiger partial charge in [-0.2, -0.15) is 0 Å². The second-order valence-corrected chi connectivity index (χ2v) is 3.52. The van der Waals surface area contributed by atoms with E-state index in [0.717, 1.165) is 11.3 Å². The molecule has 0 saturated heterocycles. The van der Waals surface area contributed by atoms with Gasteiger partial charge in [0.1, 0.15) is 0 Å². The van der Waals surface area contributed by atoms with Gasteiger partial charge in [0.25, 0.3) is 0 Å². The van der Waals surface area contributed by atoms with Crippen molar-refractivity contribution in [3.63, 3.8) is 0 Å². The predicted octanol–water partition coefficient (Wildman–Crippen LogP) is 1.48. The van der Waals surface area contributed by atoms with Gasteiger partial charge >= 0.3 is 0 Å². The molecule has 1 heterocycles. The maximum Gasteiger partial charge on any atom is 0.156 e. The van der Waals surface area contributed by atoms with Gasteiger partial charge in [0.2, 0.25) is 0 Å². The second kappa shape index (κ2) is 3.80. The third kappa shape index (κ3) is 1.77. The molecule has 3 nitrogen and oxygen atoms in total. The van der Waals surface area contributed by atoms with Crippen molar-refractivity contribution in [3.8, 4) is 0 Å². The van der Waals surface area contributed by atoms with E-state index in [1.165, 1.54) is 5.56 Å². The maximum atomic E-state index is 8.88. The van der Waals surface area contributed by atoms with Crippen molar-refractivity contribution in [2.75, 3.05) is 6.61 Å². The first-order valence-electron chi connectivity index (χ1n) is 4.70. The molecule has 1 atom stereocenters. The van der Waals surface area contributed by atoms with Gasteiger partial charge in [0, 0.05) is 6.42 Å². The lowest BCUT2D eigenvalue weighted by Crippen LogP contribution is -2.12. The largest absolute Gasteiger partial charge is 0.392 e. The van der Waals surface area contributed by atoms with Crippen molar-refractivity contribution in [1.29, 1.82) is 0 Å². The van der Waals surface area contributed by atoms with Crippen LogP contribution in [0.5, 0.6) is 0 Å². The number of rotatable bonds is 2. The van der Waals surface area contributed by atoms with E-state index in [-0.39, 0.29) is 12.7 Å². The molecule has 1 N–H and O–H groups in total. The van der Waals surface area contributed by atoms with Gasteiger partial charge in [-0.1, -0.05) is 35.0 Å². The Hall–Kier alpha value is -1.35. The summed E-state index contributed by atoms with van der Waals surface area (Å²) in [4.78, 5) is 5.04. The number of aryl methyl sites for hydroxylation is 1. The van der Waals surface area contributed by atoms with Gasteiger partial charge in [-0.25, -0.2) is 0 Å². The van der Waals surface area contributed by atoms with E-state index in [1.807, 2.05) is 31.2 Å². The summed E-state index contributed by atoms with van der Waals surface area (Å²) in [6.45, 7) is 2.08. The van der Waals surface area contributed by atoms with Crippen molar-refractivity contribution in [3.05, 3.63) is 35.4 Å². The van der Waals surface area contributed by atoms with E-state index in [1.54, 1.807) is 0 Å². The van der Waals surface area contributed by atoms with Crippen LogP contribution in [-0.2, 0) is 4.84 Å². The van der Waals surface area contributed by atoms with Crippen LogP contribution in [0, 0.1) is 6.92 Å². The Morgan fingerprint density at radius 3 is 2.71 bits per heavy atom. The van der Waals surface area contributed by atoms with Crippen LogP contribution in [0.15, 0.2) is 29.4 Å². The molecule has 0 fully saturated rings. The second-order valence-electron chi connectivity index (χ2n) is 3.52. The fourth-order valence-corrected chi connectivity index (χ4v) is 1.44. The van der Waals surface area contributed by atoms with Gasteiger partial charge in [-0.3, -0.25) is 0 Å². The monoisotopic (exact) mass is 191 g/mol. The summed E-state index contributed by atoms with van der Waals surface area (Å²) in [7, 11) is 0. The van der Waals surface area contributed by atoms with Crippen LogP contribution in [0.4, 0.5) is 0 Å². The van der Waals surface area contributed by atoms with E-state index in [9.17, 15) is 0 Å². The van der Waals surface area contributed by atoms with E-state index < -0.39 is 0 Å². The Labute approximate surface area is 83.0 Å². The van der Waals surface area contributed by atoms with E-state index >= 15 is 0 Å². The number of hydrogen-bond donors (Lipinski definition) is 1. The van der Waals surface area contributed by atoms with Crippen LogP contribution in [-0.4, -0.2) is 23.5 Å². The van der Waals surface area contributed by atoms with Crippen LogP contribution < -0.4 is 0 Å². The number of benzene rings is 1. The van der Waals surface area contributed by atoms with Crippen LogP contribution in [0.3, 0.4) is 0 Å². The molecular formula is C11H13NO2. The summed E-state index contributed by atoms with van der Waals surface area (Å²) in [5.41, 5.74) is 3.22. The zero-order valence-corrected chi connectivity index (χ0v) is 8.10. The molecule has 0 aliphatic carbocycles. The molecule has 1 unspecified atom stereocenters.